The van der Waals surface area contributed by atoms with Crippen molar-refractivity contribution in [3.8, 4) is 0 Å². The molecular formula is C13H20BrNS. The second-order valence-electron chi connectivity index (χ2n) is 3.89. The van der Waals surface area contributed by atoms with Gasteiger partial charge in [0.2, 0.25) is 0 Å². The predicted molar refractivity (Wildman–Crippen MR) is 79.7 cm³/mol. The second-order valence-corrected chi connectivity index (χ2v) is 6.20. The Labute approximate surface area is 112 Å². The lowest BCUT2D eigenvalue weighted by Gasteiger charge is -2.13. The first-order chi connectivity index (χ1) is 7.65. The number of hydrogen-bond acceptors (Lipinski definition) is 2. The van der Waals surface area contributed by atoms with Crippen LogP contribution in [0.1, 0.15) is 24.5 Å². The van der Waals surface area contributed by atoms with E-state index in [-0.39, 0.29) is 0 Å². The first-order valence-corrected chi connectivity index (χ1v) is 7.68. The average molecular weight is 302 g/mol. The van der Waals surface area contributed by atoms with Gasteiger partial charge >= 0.3 is 0 Å². The summed E-state index contributed by atoms with van der Waals surface area (Å²) in [6.45, 7) is 7.58. The highest BCUT2D eigenvalue weighted by Gasteiger charge is 2.02. The number of anilines is 1. The number of rotatable bonds is 6. The highest BCUT2D eigenvalue weighted by molar-refractivity contribution is 9.10. The summed E-state index contributed by atoms with van der Waals surface area (Å²) in [5.41, 5.74) is 3.93. The van der Waals surface area contributed by atoms with Crippen LogP contribution in [0.3, 0.4) is 0 Å². The molecule has 0 aliphatic rings. The molecular weight excluding hydrogens is 282 g/mol. The van der Waals surface area contributed by atoms with Crippen LogP contribution in [0.5, 0.6) is 0 Å². The van der Waals surface area contributed by atoms with Crippen LogP contribution in [-0.4, -0.2) is 18.1 Å². The third-order valence-corrected chi connectivity index (χ3v) is 3.91. The summed E-state index contributed by atoms with van der Waals surface area (Å²) < 4.78 is 1.16. The van der Waals surface area contributed by atoms with Crippen molar-refractivity contribution in [2.24, 2.45) is 0 Å². The first-order valence-electron chi connectivity index (χ1n) is 5.73. The van der Waals surface area contributed by atoms with Crippen LogP contribution in [0.15, 0.2) is 16.6 Å². The van der Waals surface area contributed by atoms with E-state index in [2.05, 4.69) is 54.2 Å². The average Bonchev–Trinajstić information content (AvgIpc) is 2.20. The molecule has 1 nitrogen and oxygen atoms in total. The van der Waals surface area contributed by atoms with E-state index in [4.69, 9.17) is 0 Å². The molecule has 1 N–H and O–H groups in total. The zero-order valence-electron chi connectivity index (χ0n) is 10.3. The minimum Gasteiger partial charge on any atom is -0.385 e. The minimum atomic E-state index is 1.07. The molecule has 0 aliphatic heterocycles. The molecule has 16 heavy (non-hydrogen) atoms. The molecule has 0 fully saturated rings. The van der Waals surface area contributed by atoms with Gasteiger partial charge in [0.15, 0.2) is 0 Å². The quantitative estimate of drug-likeness (QED) is 0.769. The first kappa shape index (κ1) is 13.9. The van der Waals surface area contributed by atoms with Crippen LogP contribution < -0.4 is 5.32 Å². The topological polar surface area (TPSA) is 12.0 Å². The van der Waals surface area contributed by atoms with Gasteiger partial charge in [0.25, 0.3) is 0 Å². The lowest BCUT2D eigenvalue weighted by molar-refractivity contribution is 0.986. The van der Waals surface area contributed by atoms with Crippen molar-refractivity contribution in [1.29, 1.82) is 0 Å². The van der Waals surface area contributed by atoms with Gasteiger partial charge in [-0.2, -0.15) is 11.8 Å². The molecule has 0 saturated carbocycles. The van der Waals surface area contributed by atoms with Crippen molar-refractivity contribution >= 4 is 33.4 Å². The van der Waals surface area contributed by atoms with Crippen LogP contribution in [-0.2, 0) is 0 Å². The van der Waals surface area contributed by atoms with Gasteiger partial charge < -0.3 is 5.32 Å². The molecule has 0 spiro atoms. The summed E-state index contributed by atoms with van der Waals surface area (Å²) in [6, 6.07) is 4.33. The van der Waals surface area contributed by atoms with Crippen LogP contribution in [0.4, 0.5) is 5.69 Å². The Morgan fingerprint density at radius 1 is 1.25 bits per heavy atom. The summed E-state index contributed by atoms with van der Waals surface area (Å²) in [5.74, 6) is 2.47. The zero-order valence-corrected chi connectivity index (χ0v) is 12.7. The maximum Gasteiger partial charge on any atom is 0.0400 e. The van der Waals surface area contributed by atoms with E-state index in [1.165, 1.54) is 34.7 Å². The molecule has 1 aromatic rings. The van der Waals surface area contributed by atoms with Crippen LogP contribution >= 0.6 is 27.7 Å². The molecule has 0 amide bonds. The molecule has 90 valence electrons. The monoisotopic (exact) mass is 301 g/mol. The van der Waals surface area contributed by atoms with Crippen LogP contribution in [0.25, 0.3) is 0 Å². The molecule has 3 heteroatoms. The number of aryl methyl sites for hydroxylation is 2. The van der Waals surface area contributed by atoms with E-state index in [0.717, 1.165) is 11.0 Å². The highest BCUT2D eigenvalue weighted by Crippen LogP contribution is 2.24. The Morgan fingerprint density at radius 2 is 1.88 bits per heavy atom. The second kappa shape index (κ2) is 7.23. The standard InChI is InChI=1S/C13H20BrNS/c1-4-16-7-5-6-15-13-10(2)8-12(14)9-11(13)3/h8-9,15H,4-7H2,1-3H3. The Kier molecular flexibility index (Phi) is 6.29. The van der Waals surface area contributed by atoms with Crippen LogP contribution in [0.2, 0.25) is 0 Å². The van der Waals surface area contributed by atoms with Crippen molar-refractivity contribution in [1.82, 2.24) is 0 Å². The smallest absolute Gasteiger partial charge is 0.0400 e. The van der Waals surface area contributed by atoms with Gasteiger partial charge in [-0.05, 0) is 55.0 Å². The van der Waals surface area contributed by atoms with E-state index in [1.807, 2.05) is 11.8 Å². The fraction of sp³-hybridized carbons (Fsp3) is 0.538. The summed E-state index contributed by atoms with van der Waals surface area (Å²) >= 11 is 5.52. The fourth-order valence-corrected chi connectivity index (χ4v) is 3.05. The number of nitrogens with one attached hydrogen (secondary N) is 1. The van der Waals surface area contributed by atoms with Crippen molar-refractivity contribution in [3.05, 3.63) is 27.7 Å². The summed E-state index contributed by atoms with van der Waals surface area (Å²) in [5, 5.41) is 3.53. The van der Waals surface area contributed by atoms with Crippen LogP contribution in [0, 0.1) is 13.8 Å². The minimum absolute atomic E-state index is 1.07. The molecule has 1 aromatic carbocycles. The molecule has 0 aromatic heterocycles. The third-order valence-electron chi connectivity index (χ3n) is 2.47. The van der Waals surface area contributed by atoms with Gasteiger partial charge in [-0.15, -0.1) is 0 Å². The molecule has 0 radical (unpaired) electrons. The van der Waals surface area contributed by atoms with Gasteiger partial charge in [-0.3, -0.25) is 0 Å². The Balaban J connectivity index is 2.47. The predicted octanol–water partition coefficient (Wildman–Crippen LogP) is 4.62. The largest absolute Gasteiger partial charge is 0.385 e. The van der Waals surface area contributed by atoms with Gasteiger partial charge in [0.1, 0.15) is 0 Å². The summed E-state index contributed by atoms with van der Waals surface area (Å²) in [6.07, 6.45) is 1.23. The number of halogens is 1. The third kappa shape index (κ3) is 4.38. The summed E-state index contributed by atoms with van der Waals surface area (Å²) in [7, 11) is 0. The molecule has 0 heterocycles. The molecule has 0 saturated heterocycles. The van der Waals surface area contributed by atoms with Crippen molar-refractivity contribution in [3.63, 3.8) is 0 Å². The normalized spacial score (nSPS) is 10.5. The van der Waals surface area contributed by atoms with E-state index < -0.39 is 0 Å². The Morgan fingerprint density at radius 3 is 2.44 bits per heavy atom. The fourth-order valence-electron chi connectivity index (χ4n) is 1.72. The Hall–Kier alpha value is -0.150. The maximum absolute atomic E-state index is 3.53. The van der Waals surface area contributed by atoms with Gasteiger partial charge in [0.05, 0.1) is 0 Å². The number of hydrogen-bond donors (Lipinski definition) is 1. The zero-order chi connectivity index (χ0) is 12.0. The van der Waals surface area contributed by atoms with E-state index in [1.54, 1.807) is 0 Å². The van der Waals surface area contributed by atoms with Crippen molar-refractivity contribution in [2.45, 2.75) is 27.2 Å². The van der Waals surface area contributed by atoms with E-state index in [0.29, 0.717) is 0 Å². The highest BCUT2D eigenvalue weighted by atomic mass is 79.9. The Bertz CT molecular complexity index is 316. The SMILES string of the molecule is CCSCCCNc1c(C)cc(Br)cc1C. The summed E-state index contributed by atoms with van der Waals surface area (Å²) in [4.78, 5) is 0. The molecule has 1 rings (SSSR count). The number of benzene rings is 1. The maximum atomic E-state index is 3.53. The number of thioether (sulfide) groups is 1. The molecule has 0 bridgehead atoms. The van der Waals surface area contributed by atoms with Gasteiger partial charge in [0, 0.05) is 16.7 Å². The van der Waals surface area contributed by atoms with Crippen molar-refractivity contribution in [2.75, 3.05) is 23.4 Å². The van der Waals surface area contributed by atoms with E-state index >= 15 is 0 Å². The lowest BCUT2D eigenvalue weighted by atomic mass is 10.1. The van der Waals surface area contributed by atoms with Gasteiger partial charge in [-0.25, -0.2) is 0 Å². The molecule has 0 unspecified atom stereocenters. The molecule has 0 atom stereocenters. The lowest BCUT2D eigenvalue weighted by Crippen LogP contribution is -2.05. The van der Waals surface area contributed by atoms with E-state index in [9.17, 15) is 0 Å². The van der Waals surface area contributed by atoms with Crippen molar-refractivity contribution < 1.29 is 0 Å². The van der Waals surface area contributed by atoms with Gasteiger partial charge in [-0.1, -0.05) is 22.9 Å². The molecule has 0 aliphatic carbocycles.